The monoisotopic (exact) mass is 432 g/mol. The van der Waals surface area contributed by atoms with Gasteiger partial charge in [0, 0.05) is 31.9 Å². The molecule has 1 aromatic carbocycles. The van der Waals surface area contributed by atoms with Gasteiger partial charge in [0.25, 0.3) is 5.91 Å². The third-order valence-corrected chi connectivity index (χ3v) is 6.87. The van der Waals surface area contributed by atoms with Crippen LogP contribution in [0.5, 0.6) is 0 Å². The highest BCUT2D eigenvalue weighted by Crippen LogP contribution is 2.28. The molecular formula is C26H32N4O2. The van der Waals surface area contributed by atoms with Crippen molar-refractivity contribution in [2.24, 2.45) is 5.92 Å². The number of hydrogen-bond donors (Lipinski definition) is 1. The Bertz CT molecular complexity index is 1040. The summed E-state index contributed by atoms with van der Waals surface area (Å²) in [7, 11) is 0. The first-order chi connectivity index (χ1) is 15.7. The van der Waals surface area contributed by atoms with Crippen LogP contribution in [-0.4, -0.2) is 46.3 Å². The van der Waals surface area contributed by atoms with Crippen molar-refractivity contribution >= 4 is 5.91 Å². The summed E-state index contributed by atoms with van der Waals surface area (Å²) in [5, 5.41) is 7.97. The lowest BCUT2D eigenvalue weighted by Gasteiger charge is -2.33. The van der Waals surface area contributed by atoms with Gasteiger partial charge in [0.15, 0.2) is 5.76 Å². The molecule has 32 heavy (non-hydrogen) atoms. The van der Waals surface area contributed by atoms with E-state index in [-0.39, 0.29) is 11.9 Å². The summed E-state index contributed by atoms with van der Waals surface area (Å²) in [6.07, 6.45) is 9.37. The zero-order chi connectivity index (χ0) is 21.9. The Morgan fingerprint density at radius 3 is 2.50 bits per heavy atom. The Morgan fingerprint density at radius 2 is 1.81 bits per heavy atom. The first-order valence-corrected chi connectivity index (χ1v) is 11.9. The molecule has 0 radical (unpaired) electrons. The standard InChI is InChI=1S/C26H32N4O2/c1-19-11-12-24(32-19)25-23(18-30(28-25)22-9-3-2-4-10-22)26(31)27-21-13-15-29(16-14-21)17-20-7-5-6-8-20/h2-4,9-12,18,20-21H,5-8,13-17H2,1H3,(H,27,31). The van der Waals surface area contributed by atoms with Crippen LogP contribution in [-0.2, 0) is 0 Å². The molecule has 5 rings (SSSR count). The second kappa shape index (κ2) is 9.33. The number of carbonyl (C=O) groups is 1. The van der Waals surface area contributed by atoms with Crippen LogP contribution >= 0.6 is 0 Å². The Balaban J connectivity index is 1.29. The number of furan rings is 1. The lowest BCUT2D eigenvalue weighted by atomic mass is 10.0. The fraction of sp³-hybridized carbons (Fsp3) is 0.462. The lowest BCUT2D eigenvalue weighted by molar-refractivity contribution is 0.0906. The van der Waals surface area contributed by atoms with Gasteiger partial charge in [-0.25, -0.2) is 4.68 Å². The minimum atomic E-state index is -0.0783. The van der Waals surface area contributed by atoms with Gasteiger partial charge in [0.2, 0.25) is 0 Å². The summed E-state index contributed by atoms with van der Waals surface area (Å²) in [4.78, 5) is 15.9. The van der Waals surface area contributed by atoms with Crippen LogP contribution in [0.2, 0.25) is 0 Å². The lowest BCUT2D eigenvalue weighted by Crippen LogP contribution is -2.45. The van der Waals surface area contributed by atoms with E-state index in [4.69, 9.17) is 9.52 Å². The summed E-state index contributed by atoms with van der Waals surface area (Å²) >= 11 is 0. The van der Waals surface area contributed by atoms with Crippen LogP contribution in [0.4, 0.5) is 0 Å². The van der Waals surface area contributed by atoms with Crippen molar-refractivity contribution in [1.82, 2.24) is 20.0 Å². The van der Waals surface area contributed by atoms with Crippen molar-refractivity contribution < 1.29 is 9.21 Å². The molecule has 1 N–H and O–H groups in total. The number of carbonyl (C=O) groups excluding carboxylic acids is 1. The predicted molar refractivity (Wildman–Crippen MR) is 125 cm³/mol. The van der Waals surface area contributed by atoms with E-state index in [1.807, 2.05) is 55.6 Å². The quantitative estimate of drug-likeness (QED) is 0.606. The Labute approximate surface area is 189 Å². The Morgan fingerprint density at radius 1 is 1.06 bits per heavy atom. The van der Waals surface area contributed by atoms with E-state index in [0.29, 0.717) is 17.0 Å². The highest BCUT2D eigenvalue weighted by Gasteiger charge is 2.27. The van der Waals surface area contributed by atoms with Crippen molar-refractivity contribution in [2.45, 2.75) is 51.5 Å². The van der Waals surface area contributed by atoms with Crippen LogP contribution in [0.15, 0.2) is 53.1 Å². The van der Waals surface area contributed by atoms with Gasteiger partial charge in [-0.1, -0.05) is 31.0 Å². The number of para-hydroxylation sites is 1. The van der Waals surface area contributed by atoms with Crippen LogP contribution in [0.25, 0.3) is 17.1 Å². The van der Waals surface area contributed by atoms with Crippen molar-refractivity contribution in [3.05, 3.63) is 60.0 Å². The summed E-state index contributed by atoms with van der Waals surface area (Å²) in [6, 6.07) is 13.8. The van der Waals surface area contributed by atoms with E-state index in [1.165, 1.54) is 32.2 Å². The van der Waals surface area contributed by atoms with E-state index < -0.39 is 0 Å². The maximum Gasteiger partial charge on any atom is 0.255 e. The van der Waals surface area contributed by atoms with E-state index in [2.05, 4.69) is 10.2 Å². The van der Waals surface area contributed by atoms with Crippen LogP contribution in [0.1, 0.15) is 54.6 Å². The Hall–Kier alpha value is -2.86. The number of likely N-dealkylation sites (tertiary alicyclic amines) is 1. The molecule has 6 nitrogen and oxygen atoms in total. The number of nitrogens with one attached hydrogen (secondary N) is 1. The van der Waals surface area contributed by atoms with E-state index in [1.54, 1.807) is 4.68 Å². The fourth-order valence-corrected chi connectivity index (χ4v) is 5.08. The summed E-state index contributed by atoms with van der Waals surface area (Å²) in [5.41, 5.74) is 2.05. The Kier molecular flexibility index (Phi) is 6.12. The third-order valence-electron chi connectivity index (χ3n) is 6.87. The highest BCUT2D eigenvalue weighted by atomic mass is 16.3. The molecule has 1 saturated carbocycles. The fourth-order valence-electron chi connectivity index (χ4n) is 5.08. The number of piperidine rings is 1. The zero-order valence-corrected chi connectivity index (χ0v) is 18.8. The molecule has 2 aromatic heterocycles. The van der Waals surface area contributed by atoms with Crippen LogP contribution in [0, 0.1) is 12.8 Å². The smallest absolute Gasteiger partial charge is 0.255 e. The SMILES string of the molecule is Cc1ccc(-c2nn(-c3ccccc3)cc2C(=O)NC2CCN(CC3CCCC3)CC2)o1. The zero-order valence-electron chi connectivity index (χ0n) is 18.8. The maximum absolute atomic E-state index is 13.3. The van der Waals surface area contributed by atoms with Gasteiger partial charge in [-0.3, -0.25) is 4.79 Å². The summed E-state index contributed by atoms with van der Waals surface area (Å²) in [5.74, 6) is 2.22. The third kappa shape index (κ3) is 4.65. The van der Waals surface area contributed by atoms with Gasteiger partial charge in [-0.05, 0) is 62.8 Å². The molecule has 1 aliphatic carbocycles. The van der Waals surface area contributed by atoms with E-state index in [9.17, 15) is 4.79 Å². The molecule has 6 heteroatoms. The van der Waals surface area contributed by atoms with Crippen molar-refractivity contribution in [1.29, 1.82) is 0 Å². The molecule has 3 heterocycles. The number of aromatic nitrogens is 2. The summed E-state index contributed by atoms with van der Waals surface area (Å²) < 4.78 is 7.57. The molecule has 0 atom stereocenters. The van der Waals surface area contributed by atoms with Crippen molar-refractivity contribution in [3.8, 4) is 17.1 Å². The van der Waals surface area contributed by atoms with Gasteiger partial charge in [-0.2, -0.15) is 5.10 Å². The number of amides is 1. The number of nitrogens with zero attached hydrogens (tertiary/aromatic N) is 3. The van der Waals surface area contributed by atoms with Crippen LogP contribution in [0.3, 0.4) is 0 Å². The molecule has 2 fully saturated rings. The predicted octanol–water partition coefficient (Wildman–Crippen LogP) is 4.83. The van der Waals surface area contributed by atoms with Gasteiger partial charge in [0.1, 0.15) is 11.5 Å². The number of aryl methyl sites for hydroxylation is 1. The minimum Gasteiger partial charge on any atom is -0.460 e. The molecule has 1 aliphatic heterocycles. The molecule has 168 valence electrons. The van der Waals surface area contributed by atoms with Gasteiger partial charge < -0.3 is 14.6 Å². The molecule has 3 aromatic rings. The largest absolute Gasteiger partial charge is 0.460 e. The van der Waals surface area contributed by atoms with E-state index >= 15 is 0 Å². The van der Waals surface area contributed by atoms with Crippen molar-refractivity contribution in [3.63, 3.8) is 0 Å². The number of benzene rings is 1. The first-order valence-electron chi connectivity index (χ1n) is 11.9. The van der Waals surface area contributed by atoms with Gasteiger partial charge >= 0.3 is 0 Å². The molecule has 2 aliphatic rings. The van der Waals surface area contributed by atoms with Gasteiger partial charge in [-0.15, -0.1) is 0 Å². The molecule has 0 bridgehead atoms. The second-order valence-corrected chi connectivity index (χ2v) is 9.28. The minimum absolute atomic E-state index is 0.0783. The highest BCUT2D eigenvalue weighted by molar-refractivity contribution is 5.99. The van der Waals surface area contributed by atoms with Crippen LogP contribution < -0.4 is 5.32 Å². The average Bonchev–Trinajstić information content (AvgIpc) is 3.56. The normalized spacial score (nSPS) is 18.3. The number of rotatable bonds is 6. The molecule has 1 saturated heterocycles. The number of hydrogen-bond acceptors (Lipinski definition) is 4. The first kappa shape index (κ1) is 21.0. The molecular weight excluding hydrogens is 400 g/mol. The topological polar surface area (TPSA) is 63.3 Å². The molecule has 0 unspecified atom stereocenters. The average molecular weight is 433 g/mol. The van der Waals surface area contributed by atoms with E-state index in [0.717, 1.165) is 43.3 Å². The second-order valence-electron chi connectivity index (χ2n) is 9.28. The maximum atomic E-state index is 13.3. The van der Waals surface area contributed by atoms with Crippen molar-refractivity contribution in [2.75, 3.05) is 19.6 Å². The molecule has 1 amide bonds. The molecule has 0 spiro atoms. The van der Waals surface area contributed by atoms with Gasteiger partial charge in [0.05, 0.1) is 11.3 Å². The summed E-state index contributed by atoms with van der Waals surface area (Å²) in [6.45, 7) is 5.26.